The molecular weight excluding hydrogens is 404 g/mol. The number of imidazole rings is 1. The summed E-state index contributed by atoms with van der Waals surface area (Å²) in [5.41, 5.74) is 1.63. The number of fused-ring (bicyclic) bond motifs is 1. The lowest BCUT2D eigenvalue weighted by Crippen LogP contribution is -2.48. The number of carbonyl (C=O) groups excluding carboxylic acids is 1. The van der Waals surface area contributed by atoms with Crippen molar-refractivity contribution in [2.75, 3.05) is 19.8 Å². The third-order valence-electron chi connectivity index (χ3n) is 5.33. The molecule has 0 bridgehead atoms. The Morgan fingerprint density at radius 2 is 2.23 bits per heavy atom. The second-order valence-corrected chi connectivity index (χ2v) is 7.66. The van der Waals surface area contributed by atoms with Gasteiger partial charge in [0, 0.05) is 36.1 Å². The molecule has 0 radical (unpaired) electrons. The summed E-state index contributed by atoms with van der Waals surface area (Å²) in [7, 11) is 0. The van der Waals surface area contributed by atoms with Gasteiger partial charge in [0.2, 0.25) is 5.65 Å². The molecular formula is C22H23ClN4O3. The Bertz CT molecular complexity index is 1170. The Labute approximate surface area is 179 Å². The Balaban J connectivity index is 1.83. The molecule has 1 amide bonds. The Kier molecular flexibility index (Phi) is 5.74. The van der Waals surface area contributed by atoms with Gasteiger partial charge in [-0.3, -0.25) is 18.6 Å². The van der Waals surface area contributed by atoms with Crippen molar-refractivity contribution in [3.63, 3.8) is 0 Å². The predicted octanol–water partition coefficient (Wildman–Crippen LogP) is 3.25. The number of benzene rings is 1. The number of hydrogen-bond acceptors (Lipinski definition) is 4. The van der Waals surface area contributed by atoms with Crippen molar-refractivity contribution in [2.45, 2.75) is 25.9 Å². The van der Waals surface area contributed by atoms with Crippen LogP contribution in [-0.4, -0.2) is 50.6 Å². The molecule has 0 unspecified atom stereocenters. The van der Waals surface area contributed by atoms with Crippen molar-refractivity contribution in [3.05, 3.63) is 70.4 Å². The third kappa shape index (κ3) is 3.66. The normalized spacial score (nSPS) is 16.7. The van der Waals surface area contributed by atoms with E-state index in [2.05, 4.69) is 11.6 Å². The van der Waals surface area contributed by atoms with Crippen LogP contribution in [0.2, 0.25) is 5.02 Å². The zero-order chi connectivity index (χ0) is 21.3. The van der Waals surface area contributed by atoms with Crippen LogP contribution in [0.25, 0.3) is 16.9 Å². The molecule has 156 valence electrons. The fourth-order valence-electron chi connectivity index (χ4n) is 3.78. The molecule has 1 aliphatic heterocycles. The minimum Gasteiger partial charge on any atom is -0.377 e. The topological polar surface area (TPSA) is 68.8 Å². The van der Waals surface area contributed by atoms with Crippen LogP contribution >= 0.6 is 11.6 Å². The van der Waals surface area contributed by atoms with Gasteiger partial charge in [0.25, 0.3) is 11.5 Å². The number of hydrogen-bond donors (Lipinski definition) is 0. The van der Waals surface area contributed by atoms with Crippen LogP contribution in [0.5, 0.6) is 0 Å². The van der Waals surface area contributed by atoms with Crippen molar-refractivity contribution < 1.29 is 9.53 Å². The highest BCUT2D eigenvalue weighted by atomic mass is 35.5. The highest BCUT2D eigenvalue weighted by Gasteiger charge is 2.28. The zero-order valence-electron chi connectivity index (χ0n) is 16.8. The fraction of sp³-hybridized carbons (Fsp3) is 0.318. The number of amides is 1. The van der Waals surface area contributed by atoms with E-state index < -0.39 is 0 Å². The molecule has 0 aliphatic carbocycles. The summed E-state index contributed by atoms with van der Waals surface area (Å²) in [6.45, 7) is 7.62. The first kappa shape index (κ1) is 20.4. The lowest BCUT2D eigenvalue weighted by molar-refractivity contribution is -0.00307. The Morgan fingerprint density at radius 1 is 1.40 bits per heavy atom. The molecule has 4 rings (SSSR count). The summed E-state index contributed by atoms with van der Waals surface area (Å²) in [5.74, 6) is -0.187. The third-order valence-corrected chi connectivity index (χ3v) is 5.57. The first-order valence-electron chi connectivity index (χ1n) is 9.91. The van der Waals surface area contributed by atoms with Crippen molar-refractivity contribution in [1.82, 2.24) is 18.9 Å². The number of allylic oxidation sites excluding steroid dienone is 1. The van der Waals surface area contributed by atoms with Gasteiger partial charge in [-0.2, -0.15) is 0 Å². The molecule has 30 heavy (non-hydrogen) atoms. The van der Waals surface area contributed by atoms with E-state index in [-0.39, 0.29) is 28.8 Å². The number of carbonyl (C=O) groups is 1. The van der Waals surface area contributed by atoms with Crippen LogP contribution in [0.15, 0.2) is 54.1 Å². The number of aromatic nitrogens is 3. The van der Waals surface area contributed by atoms with Crippen LogP contribution in [0.1, 0.15) is 23.8 Å². The van der Waals surface area contributed by atoms with Crippen molar-refractivity contribution in [3.8, 4) is 11.3 Å². The number of rotatable bonds is 5. The van der Waals surface area contributed by atoms with Gasteiger partial charge in [-0.1, -0.05) is 36.7 Å². The van der Waals surface area contributed by atoms with Crippen LogP contribution in [0.3, 0.4) is 0 Å². The molecule has 0 saturated carbocycles. The second-order valence-electron chi connectivity index (χ2n) is 7.22. The molecule has 0 spiro atoms. The number of nitrogens with zero attached hydrogens (tertiary/aromatic N) is 4. The second kappa shape index (κ2) is 8.45. The van der Waals surface area contributed by atoms with Crippen molar-refractivity contribution in [2.24, 2.45) is 0 Å². The highest BCUT2D eigenvalue weighted by Crippen LogP contribution is 2.23. The SMILES string of the molecule is C=CCn1c(-c2cccc(Cl)c2)cn2cc(C(=O)N3CCOC[C@@H]3CC)nc2c1=O. The minimum atomic E-state index is -0.291. The first-order chi connectivity index (χ1) is 14.5. The van der Waals surface area contributed by atoms with Gasteiger partial charge in [-0.05, 0) is 18.6 Å². The molecule has 7 nitrogen and oxygen atoms in total. The van der Waals surface area contributed by atoms with E-state index in [1.807, 2.05) is 19.1 Å². The summed E-state index contributed by atoms with van der Waals surface area (Å²) in [6.07, 6.45) is 5.87. The maximum atomic E-state index is 13.2. The van der Waals surface area contributed by atoms with E-state index in [1.165, 1.54) is 0 Å². The summed E-state index contributed by atoms with van der Waals surface area (Å²) in [6, 6.07) is 7.30. The van der Waals surface area contributed by atoms with Crippen LogP contribution in [0, 0.1) is 0 Å². The number of ether oxygens (including phenoxy) is 1. The van der Waals surface area contributed by atoms with E-state index >= 15 is 0 Å². The fourth-order valence-corrected chi connectivity index (χ4v) is 3.97. The highest BCUT2D eigenvalue weighted by molar-refractivity contribution is 6.30. The standard InChI is InChI=1S/C22H23ClN4O3/c1-3-8-27-19(15-6-5-7-16(23)11-15)13-25-12-18(24-20(25)22(27)29)21(28)26-9-10-30-14-17(26)4-2/h3,5-7,11-13,17H,1,4,8-10,14H2,2H3/t17-/m0/s1. The van der Waals surface area contributed by atoms with Gasteiger partial charge in [0.15, 0.2) is 0 Å². The molecule has 8 heteroatoms. The smallest absolute Gasteiger partial charge is 0.295 e. The quantitative estimate of drug-likeness (QED) is 0.587. The van der Waals surface area contributed by atoms with E-state index in [0.717, 1.165) is 12.0 Å². The maximum absolute atomic E-state index is 13.2. The van der Waals surface area contributed by atoms with E-state index in [9.17, 15) is 9.59 Å². The molecule has 1 saturated heterocycles. The molecule has 1 aromatic carbocycles. The van der Waals surface area contributed by atoms with Crippen LogP contribution in [0.4, 0.5) is 0 Å². The zero-order valence-corrected chi connectivity index (χ0v) is 17.5. The predicted molar refractivity (Wildman–Crippen MR) is 116 cm³/mol. The maximum Gasteiger partial charge on any atom is 0.295 e. The molecule has 2 aromatic heterocycles. The largest absolute Gasteiger partial charge is 0.377 e. The lowest BCUT2D eigenvalue weighted by Gasteiger charge is -2.34. The number of morpholine rings is 1. The van der Waals surface area contributed by atoms with Crippen molar-refractivity contribution >= 4 is 23.2 Å². The van der Waals surface area contributed by atoms with Crippen molar-refractivity contribution in [1.29, 1.82) is 0 Å². The Hall–Kier alpha value is -2.90. The van der Waals surface area contributed by atoms with Crippen LogP contribution < -0.4 is 5.56 Å². The summed E-state index contributed by atoms with van der Waals surface area (Å²) < 4.78 is 8.69. The molecule has 1 fully saturated rings. The molecule has 1 aliphatic rings. The average Bonchev–Trinajstić information content (AvgIpc) is 3.19. The van der Waals surface area contributed by atoms with E-state index in [0.29, 0.717) is 37.0 Å². The monoisotopic (exact) mass is 426 g/mol. The molecule has 3 aromatic rings. The minimum absolute atomic E-state index is 0.00973. The Morgan fingerprint density at radius 3 is 2.97 bits per heavy atom. The van der Waals surface area contributed by atoms with Gasteiger partial charge in [0.1, 0.15) is 5.69 Å². The van der Waals surface area contributed by atoms with Crippen LogP contribution in [-0.2, 0) is 11.3 Å². The first-order valence-corrected chi connectivity index (χ1v) is 10.3. The van der Waals surface area contributed by atoms with Gasteiger partial charge in [0.05, 0.1) is 24.9 Å². The summed E-state index contributed by atoms with van der Waals surface area (Å²) in [4.78, 5) is 32.5. The summed E-state index contributed by atoms with van der Waals surface area (Å²) >= 11 is 6.15. The van der Waals surface area contributed by atoms with Gasteiger partial charge >= 0.3 is 0 Å². The average molecular weight is 427 g/mol. The van der Waals surface area contributed by atoms with E-state index in [1.54, 1.807) is 44.5 Å². The van der Waals surface area contributed by atoms with Gasteiger partial charge in [-0.25, -0.2) is 4.98 Å². The van der Waals surface area contributed by atoms with E-state index in [4.69, 9.17) is 16.3 Å². The van der Waals surface area contributed by atoms with Gasteiger partial charge in [-0.15, -0.1) is 6.58 Å². The molecule has 1 atom stereocenters. The number of halogens is 1. The molecule has 0 N–H and O–H groups in total. The lowest BCUT2D eigenvalue weighted by atomic mass is 10.1. The summed E-state index contributed by atoms with van der Waals surface area (Å²) in [5, 5.41) is 0.574. The van der Waals surface area contributed by atoms with Gasteiger partial charge < -0.3 is 9.64 Å². The molecule has 3 heterocycles.